The Balaban J connectivity index is 2.22. The second-order valence-corrected chi connectivity index (χ2v) is 8.48. The number of sulfone groups is 1. The Bertz CT molecular complexity index is 1040. The molecule has 0 amide bonds. The largest absolute Gasteiger partial charge is 0.338 e. The SMILES string of the molecule is CCS(=O)(=O)c1cc2c(cnn2C)cc1Nc1nc(Cl)ncc1Br. The molecule has 0 aliphatic carbocycles. The van der Waals surface area contributed by atoms with Crippen LogP contribution in [0, 0.1) is 0 Å². The van der Waals surface area contributed by atoms with Gasteiger partial charge in [0.25, 0.3) is 0 Å². The molecule has 0 saturated heterocycles. The van der Waals surface area contributed by atoms with Gasteiger partial charge in [-0.25, -0.2) is 13.4 Å². The number of halogens is 2. The minimum absolute atomic E-state index is 0.0171. The second kappa shape index (κ2) is 6.30. The van der Waals surface area contributed by atoms with E-state index < -0.39 is 9.84 Å². The van der Waals surface area contributed by atoms with Crippen molar-refractivity contribution in [1.82, 2.24) is 19.7 Å². The number of benzene rings is 1. The molecule has 10 heteroatoms. The summed E-state index contributed by atoms with van der Waals surface area (Å²) in [4.78, 5) is 8.12. The Hall–Kier alpha value is -1.71. The number of hydrogen-bond acceptors (Lipinski definition) is 6. The lowest BCUT2D eigenvalue weighted by Gasteiger charge is -2.13. The van der Waals surface area contributed by atoms with Crippen LogP contribution in [0.15, 0.2) is 33.9 Å². The Labute approximate surface area is 152 Å². The van der Waals surface area contributed by atoms with Crippen LogP contribution in [0.25, 0.3) is 10.9 Å². The lowest BCUT2D eigenvalue weighted by molar-refractivity contribution is 0.597. The van der Waals surface area contributed by atoms with E-state index in [1.165, 1.54) is 6.20 Å². The number of fused-ring (bicyclic) bond motifs is 1. The van der Waals surface area contributed by atoms with Gasteiger partial charge in [-0.2, -0.15) is 10.1 Å². The predicted molar refractivity (Wildman–Crippen MR) is 96.5 cm³/mol. The van der Waals surface area contributed by atoms with Gasteiger partial charge in [0.1, 0.15) is 5.82 Å². The summed E-state index contributed by atoms with van der Waals surface area (Å²) in [6, 6.07) is 3.34. The Kier molecular flexibility index (Phi) is 4.50. The van der Waals surface area contributed by atoms with E-state index in [9.17, 15) is 8.42 Å². The van der Waals surface area contributed by atoms with Crippen molar-refractivity contribution in [1.29, 1.82) is 0 Å². The highest BCUT2D eigenvalue weighted by Gasteiger charge is 2.20. The topological polar surface area (TPSA) is 89.8 Å². The molecule has 0 bridgehead atoms. The lowest BCUT2D eigenvalue weighted by atomic mass is 10.2. The summed E-state index contributed by atoms with van der Waals surface area (Å²) in [6.07, 6.45) is 3.17. The molecule has 7 nitrogen and oxygen atoms in total. The normalized spacial score (nSPS) is 11.8. The Morgan fingerprint density at radius 1 is 1.33 bits per heavy atom. The highest BCUT2D eigenvalue weighted by molar-refractivity contribution is 9.10. The molecule has 24 heavy (non-hydrogen) atoms. The van der Waals surface area contributed by atoms with Crippen LogP contribution >= 0.6 is 27.5 Å². The first-order chi connectivity index (χ1) is 11.3. The first kappa shape index (κ1) is 17.1. The van der Waals surface area contributed by atoms with Gasteiger partial charge in [0, 0.05) is 18.6 Å². The maximum absolute atomic E-state index is 12.5. The molecule has 0 aliphatic rings. The summed E-state index contributed by atoms with van der Waals surface area (Å²) < 4.78 is 27.2. The second-order valence-electron chi connectivity index (χ2n) is 5.04. The number of nitrogens with zero attached hydrogens (tertiary/aromatic N) is 4. The summed E-state index contributed by atoms with van der Waals surface area (Å²) in [7, 11) is -1.69. The van der Waals surface area contributed by atoms with Crippen LogP contribution in [0.1, 0.15) is 6.92 Å². The zero-order valence-electron chi connectivity index (χ0n) is 12.8. The van der Waals surface area contributed by atoms with Gasteiger partial charge in [0.05, 0.1) is 32.5 Å². The minimum Gasteiger partial charge on any atom is -0.338 e. The van der Waals surface area contributed by atoms with Crippen LogP contribution in [-0.4, -0.2) is 33.9 Å². The molecule has 1 N–H and O–H groups in total. The van der Waals surface area contributed by atoms with E-state index in [0.29, 0.717) is 16.0 Å². The molecule has 0 aliphatic heterocycles. The monoisotopic (exact) mass is 429 g/mol. The first-order valence-corrected chi connectivity index (χ1v) is 9.77. The Morgan fingerprint density at radius 2 is 2.08 bits per heavy atom. The minimum atomic E-state index is -3.45. The van der Waals surface area contributed by atoms with E-state index in [4.69, 9.17) is 11.6 Å². The fourth-order valence-corrected chi connectivity index (χ4v) is 3.72. The van der Waals surface area contributed by atoms with E-state index in [0.717, 1.165) is 10.9 Å². The van der Waals surface area contributed by atoms with E-state index in [1.54, 1.807) is 37.0 Å². The summed E-state index contributed by atoms with van der Waals surface area (Å²) >= 11 is 9.15. The zero-order chi connectivity index (χ0) is 17.5. The van der Waals surface area contributed by atoms with Gasteiger partial charge in [-0.1, -0.05) is 6.92 Å². The number of aromatic nitrogens is 4. The molecule has 0 unspecified atom stereocenters. The molecule has 2 heterocycles. The lowest BCUT2D eigenvalue weighted by Crippen LogP contribution is -2.08. The van der Waals surface area contributed by atoms with Crippen LogP contribution in [0.5, 0.6) is 0 Å². The molecule has 0 fully saturated rings. The van der Waals surface area contributed by atoms with E-state index in [2.05, 4.69) is 36.3 Å². The molecule has 2 aromatic heterocycles. The third-order valence-corrected chi connectivity index (χ3v) is 6.06. The molecule has 3 rings (SSSR count). The van der Waals surface area contributed by atoms with Gasteiger partial charge in [-0.15, -0.1) is 0 Å². The molecule has 1 aromatic carbocycles. The standard InChI is InChI=1S/C14H13BrClN5O2S/c1-3-24(22,23)12-5-11-8(6-18-21(11)2)4-10(12)19-13-9(15)7-17-14(16)20-13/h4-7H,3H2,1-2H3,(H,17,19,20). The molecular weight excluding hydrogens is 418 g/mol. The average Bonchev–Trinajstić information content (AvgIpc) is 2.90. The third kappa shape index (κ3) is 3.11. The van der Waals surface area contributed by atoms with Gasteiger partial charge >= 0.3 is 0 Å². The Morgan fingerprint density at radius 3 is 2.79 bits per heavy atom. The van der Waals surface area contributed by atoms with E-state index >= 15 is 0 Å². The van der Waals surface area contributed by atoms with Crippen molar-refractivity contribution < 1.29 is 8.42 Å². The van der Waals surface area contributed by atoms with Crippen LogP contribution in [0.2, 0.25) is 5.28 Å². The number of anilines is 2. The van der Waals surface area contributed by atoms with Crippen LogP contribution in [-0.2, 0) is 16.9 Å². The smallest absolute Gasteiger partial charge is 0.224 e. The quantitative estimate of drug-likeness (QED) is 0.639. The van der Waals surface area contributed by atoms with Crippen LogP contribution in [0.4, 0.5) is 11.5 Å². The van der Waals surface area contributed by atoms with Crippen molar-refractivity contribution in [3.05, 3.63) is 34.3 Å². The molecule has 0 atom stereocenters. The molecular formula is C14H13BrClN5O2S. The van der Waals surface area contributed by atoms with E-state index in [1.807, 2.05) is 0 Å². The summed E-state index contributed by atoms with van der Waals surface area (Å²) in [6.45, 7) is 1.60. The van der Waals surface area contributed by atoms with Crippen LogP contribution < -0.4 is 5.32 Å². The predicted octanol–water partition coefficient (Wildman–Crippen LogP) is 3.32. The molecule has 126 valence electrons. The van der Waals surface area contributed by atoms with Crippen molar-refractivity contribution in [2.24, 2.45) is 7.05 Å². The zero-order valence-corrected chi connectivity index (χ0v) is 15.9. The fraction of sp³-hybridized carbons (Fsp3) is 0.214. The van der Waals surface area contributed by atoms with Gasteiger partial charge in [0.2, 0.25) is 5.28 Å². The average molecular weight is 431 g/mol. The number of rotatable bonds is 4. The third-order valence-electron chi connectivity index (χ3n) is 3.53. The summed E-state index contributed by atoms with van der Waals surface area (Å²) in [5.74, 6) is 0.363. The van der Waals surface area contributed by atoms with Crippen molar-refractivity contribution in [2.75, 3.05) is 11.1 Å². The number of hydrogen-bond donors (Lipinski definition) is 1. The molecule has 0 spiro atoms. The van der Waals surface area contributed by atoms with Gasteiger partial charge < -0.3 is 5.32 Å². The first-order valence-electron chi connectivity index (χ1n) is 6.95. The summed E-state index contributed by atoms with van der Waals surface area (Å²) in [5.41, 5.74) is 1.14. The molecule has 3 aromatic rings. The van der Waals surface area contributed by atoms with Crippen molar-refractivity contribution in [2.45, 2.75) is 11.8 Å². The van der Waals surface area contributed by atoms with Gasteiger partial charge in [0.15, 0.2) is 9.84 Å². The summed E-state index contributed by atoms with van der Waals surface area (Å²) in [5, 5.41) is 8.06. The molecule has 0 radical (unpaired) electrons. The van der Waals surface area contributed by atoms with Crippen molar-refractivity contribution >= 4 is 59.8 Å². The van der Waals surface area contributed by atoms with Crippen molar-refractivity contribution in [3.8, 4) is 0 Å². The van der Waals surface area contributed by atoms with Gasteiger partial charge in [-0.05, 0) is 39.7 Å². The maximum atomic E-state index is 12.5. The number of nitrogens with one attached hydrogen (secondary N) is 1. The maximum Gasteiger partial charge on any atom is 0.224 e. The highest BCUT2D eigenvalue weighted by atomic mass is 79.9. The van der Waals surface area contributed by atoms with Crippen molar-refractivity contribution in [3.63, 3.8) is 0 Å². The van der Waals surface area contributed by atoms with Gasteiger partial charge in [-0.3, -0.25) is 4.68 Å². The van der Waals surface area contributed by atoms with E-state index in [-0.39, 0.29) is 15.9 Å². The van der Waals surface area contributed by atoms with Crippen LogP contribution in [0.3, 0.4) is 0 Å². The fourth-order valence-electron chi connectivity index (χ4n) is 2.25. The number of aryl methyl sites for hydroxylation is 1. The molecule has 0 saturated carbocycles. The highest BCUT2D eigenvalue weighted by Crippen LogP contribution is 2.32.